The zero-order chi connectivity index (χ0) is 12.6. The van der Waals surface area contributed by atoms with Crippen molar-refractivity contribution in [2.24, 2.45) is 0 Å². The Morgan fingerprint density at radius 3 is 3.17 bits per heavy atom. The van der Waals surface area contributed by atoms with Crippen LogP contribution in [0.25, 0.3) is 0 Å². The van der Waals surface area contributed by atoms with Gasteiger partial charge in [0.2, 0.25) is 0 Å². The van der Waals surface area contributed by atoms with Gasteiger partial charge in [0.25, 0.3) is 0 Å². The highest BCUT2D eigenvalue weighted by Gasteiger charge is 2.33. The van der Waals surface area contributed by atoms with Crippen LogP contribution in [0.15, 0.2) is 11.4 Å². The van der Waals surface area contributed by atoms with Gasteiger partial charge in [-0.15, -0.1) is 11.3 Å². The van der Waals surface area contributed by atoms with Crippen molar-refractivity contribution in [1.29, 1.82) is 0 Å². The van der Waals surface area contributed by atoms with Gasteiger partial charge in [-0.3, -0.25) is 4.90 Å². The van der Waals surface area contributed by atoms with E-state index in [1.165, 1.54) is 45.3 Å². The molecule has 0 aliphatic carbocycles. The first kappa shape index (κ1) is 12.6. The third-order valence-electron chi connectivity index (χ3n) is 4.66. The Hall–Kier alpha value is -0.380. The average Bonchev–Trinajstić information content (AvgIpc) is 2.83. The van der Waals surface area contributed by atoms with E-state index in [1.54, 1.807) is 10.4 Å². The zero-order valence-corrected chi connectivity index (χ0v) is 12.4. The van der Waals surface area contributed by atoms with Crippen molar-refractivity contribution in [3.8, 4) is 0 Å². The molecule has 0 saturated carbocycles. The molecule has 2 atom stereocenters. The summed E-state index contributed by atoms with van der Waals surface area (Å²) in [6.07, 6.45) is 5.30. The second-order valence-corrected chi connectivity index (χ2v) is 7.14. The first-order valence-electron chi connectivity index (χ1n) is 7.23. The predicted molar refractivity (Wildman–Crippen MR) is 78.3 cm³/mol. The van der Waals surface area contributed by atoms with Crippen LogP contribution in [0, 0.1) is 0 Å². The van der Waals surface area contributed by atoms with Crippen molar-refractivity contribution in [3.63, 3.8) is 0 Å². The summed E-state index contributed by atoms with van der Waals surface area (Å²) in [6, 6.07) is 2.92. The molecule has 100 valence electrons. The molecule has 1 saturated heterocycles. The van der Waals surface area contributed by atoms with Crippen molar-refractivity contribution >= 4 is 11.3 Å². The second-order valence-electron chi connectivity index (χ2n) is 6.14. The monoisotopic (exact) mass is 264 g/mol. The van der Waals surface area contributed by atoms with Gasteiger partial charge in [0.1, 0.15) is 0 Å². The van der Waals surface area contributed by atoms with Crippen LogP contribution >= 0.6 is 11.3 Å². The SMILES string of the molecule is CC1c2ccsc2CCN1CC1(C)CCCCN1. The molecular weight excluding hydrogens is 240 g/mol. The lowest BCUT2D eigenvalue weighted by atomic mass is 9.89. The molecule has 3 heteroatoms. The van der Waals surface area contributed by atoms with E-state index in [9.17, 15) is 0 Å². The van der Waals surface area contributed by atoms with Crippen molar-refractivity contribution in [3.05, 3.63) is 21.9 Å². The van der Waals surface area contributed by atoms with E-state index in [2.05, 4.69) is 35.5 Å². The van der Waals surface area contributed by atoms with Gasteiger partial charge in [0.05, 0.1) is 0 Å². The van der Waals surface area contributed by atoms with E-state index < -0.39 is 0 Å². The number of nitrogens with one attached hydrogen (secondary N) is 1. The van der Waals surface area contributed by atoms with Crippen molar-refractivity contribution in [2.75, 3.05) is 19.6 Å². The van der Waals surface area contributed by atoms with Crippen LogP contribution < -0.4 is 5.32 Å². The molecule has 2 aliphatic rings. The Bertz CT molecular complexity index is 406. The first-order chi connectivity index (χ1) is 8.68. The van der Waals surface area contributed by atoms with Crippen LogP contribution in [0.4, 0.5) is 0 Å². The highest BCUT2D eigenvalue weighted by molar-refractivity contribution is 7.10. The van der Waals surface area contributed by atoms with Crippen molar-refractivity contribution < 1.29 is 0 Å². The maximum Gasteiger partial charge on any atom is 0.0331 e. The largest absolute Gasteiger partial charge is 0.310 e. The van der Waals surface area contributed by atoms with Gasteiger partial charge in [0, 0.05) is 29.5 Å². The summed E-state index contributed by atoms with van der Waals surface area (Å²) < 4.78 is 0. The van der Waals surface area contributed by atoms with Gasteiger partial charge in [-0.25, -0.2) is 0 Å². The third kappa shape index (κ3) is 2.36. The first-order valence-corrected chi connectivity index (χ1v) is 8.11. The van der Waals surface area contributed by atoms with Gasteiger partial charge in [-0.1, -0.05) is 6.42 Å². The maximum absolute atomic E-state index is 3.74. The summed E-state index contributed by atoms with van der Waals surface area (Å²) in [5.74, 6) is 0. The summed E-state index contributed by atoms with van der Waals surface area (Å²) in [6.45, 7) is 8.40. The van der Waals surface area contributed by atoms with E-state index in [-0.39, 0.29) is 0 Å². The van der Waals surface area contributed by atoms with E-state index in [0.717, 1.165) is 0 Å². The number of rotatable bonds is 2. The molecule has 0 bridgehead atoms. The lowest BCUT2D eigenvalue weighted by molar-refractivity contribution is 0.124. The number of hydrogen-bond acceptors (Lipinski definition) is 3. The molecule has 0 aromatic carbocycles. The highest BCUT2D eigenvalue weighted by Crippen LogP contribution is 2.34. The van der Waals surface area contributed by atoms with Gasteiger partial charge in [-0.2, -0.15) is 0 Å². The molecule has 2 unspecified atom stereocenters. The van der Waals surface area contributed by atoms with Gasteiger partial charge >= 0.3 is 0 Å². The van der Waals surface area contributed by atoms with Crippen LogP contribution in [0.2, 0.25) is 0 Å². The molecule has 1 fully saturated rings. The molecule has 2 aliphatic heterocycles. The van der Waals surface area contributed by atoms with E-state index in [4.69, 9.17) is 0 Å². The minimum atomic E-state index is 0.333. The number of piperidine rings is 1. The maximum atomic E-state index is 3.74. The summed E-state index contributed by atoms with van der Waals surface area (Å²) in [4.78, 5) is 4.29. The number of fused-ring (bicyclic) bond motifs is 1. The van der Waals surface area contributed by atoms with E-state index in [0.29, 0.717) is 11.6 Å². The highest BCUT2D eigenvalue weighted by atomic mass is 32.1. The average molecular weight is 264 g/mol. The molecule has 1 aromatic rings. The molecule has 0 amide bonds. The van der Waals surface area contributed by atoms with Gasteiger partial charge in [0.15, 0.2) is 0 Å². The molecule has 18 heavy (non-hydrogen) atoms. The molecule has 0 radical (unpaired) electrons. The minimum absolute atomic E-state index is 0.333. The topological polar surface area (TPSA) is 15.3 Å². The quantitative estimate of drug-likeness (QED) is 0.882. The standard InChI is InChI=1S/C15H24N2S/c1-12-13-6-10-18-14(13)5-9-17(12)11-15(2)7-3-4-8-16-15/h6,10,12,16H,3-5,7-9,11H2,1-2H3. The lowest BCUT2D eigenvalue weighted by Crippen LogP contribution is -2.54. The van der Waals surface area contributed by atoms with Crippen LogP contribution in [-0.4, -0.2) is 30.1 Å². The summed E-state index contributed by atoms with van der Waals surface area (Å²) >= 11 is 1.93. The fraction of sp³-hybridized carbons (Fsp3) is 0.733. The minimum Gasteiger partial charge on any atom is -0.310 e. The van der Waals surface area contributed by atoms with Crippen molar-refractivity contribution in [2.45, 2.75) is 51.1 Å². The lowest BCUT2D eigenvalue weighted by Gasteiger charge is -2.43. The van der Waals surface area contributed by atoms with Crippen LogP contribution in [0.1, 0.15) is 49.6 Å². The van der Waals surface area contributed by atoms with Crippen LogP contribution in [0.3, 0.4) is 0 Å². The third-order valence-corrected chi connectivity index (χ3v) is 5.66. The normalized spacial score (nSPS) is 33.3. The van der Waals surface area contributed by atoms with Gasteiger partial charge < -0.3 is 5.32 Å². The molecule has 3 rings (SSSR count). The van der Waals surface area contributed by atoms with Crippen LogP contribution in [-0.2, 0) is 6.42 Å². The fourth-order valence-corrected chi connectivity index (χ4v) is 4.44. The zero-order valence-electron chi connectivity index (χ0n) is 11.5. The molecule has 1 N–H and O–H groups in total. The molecule has 2 nitrogen and oxygen atoms in total. The Labute approximate surface area is 114 Å². The smallest absolute Gasteiger partial charge is 0.0331 e. The van der Waals surface area contributed by atoms with Crippen LogP contribution in [0.5, 0.6) is 0 Å². The number of thiophene rings is 1. The predicted octanol–water partition coefficient (Wildman–Crippen LogP) is 3.20. The molecule has 0 spiro atoms. The number of hydrogen-bond donors (Lipinski definition) is 1. The fourth-order valence-electron chi connectivity index (χ4n) is 3.48. The summed E-state index contributed by atoms with van der Waals surface area (Å²) in [5, 5.41) is 6.00. The number of nitrogens with zero attached hydrogens (tertiary/aromatic N) is 1. The Morgan fingerprint density at radius 1 is 1.50 bits per heavy atom. The molecule has 3 heterocycles. The summed E-state index contributed by atoms with van der Waals surface area (Å²) in [7, 11) is 0. The summed E-state index contributed by atoms with van der Waals surface area (Å²) in [5.41, 5.74) is 1.91. The Morgan fingerprint density at radius 2 is 2.39 bits per heavy atom. The van der Waals surface area contributed by atoms with E-state index >= 15 is 0 Å². The Kier molecular flexibility index (Phi) is 3.48. The Balaban J connectivity index is 1.71. The molecular formula is C15H24N2S. The van der Waals surface area contributed by atoms with E-state index in [1.807, 2.05) is 11.3 Å². The van der Waals surface area contributed by atoms with Crippen molar-refractivity contribution in [1.82, 2.24) is 10.2 Å². The molecule has 1 aromatic heterocycles. The van der Waals surface area contributed by atoms with Gasteiger partial charge in [-0.05, 0) is 56.7 Å². The second kappa shape index (κ2) is 4.95.